The van der Waals surface area contributed by atoms with Crippen molar-refractivity contribution in [2.45, 2.75) is 12.8 Å². The van der Waals surface area contributed by atoms with Crippen molar-refractivity contribution in [1.82, 2.24) is 0 Å². The number of ketones is 1. The third kappa shape index (κ3) is 1.55. The van der Waals surface area contributed by atoms with E-state index in [-0.39, 0.29) is 5.78 Å². The summed E-state index contributed by atoms with van der Waals surface area (Å²) >= 11 is 5.26. The summed E-state index contributed by atoms with van der Waals surface area (Å²) < 4.78 is 1.13. The monoisotopic (exact) mass is 292 g/mol. The first-order chi connectivity index (χ1) is 7.75. The second-order valence-corrected chi connectivity index (χ2v) is 5.66. The molecule has 0 aliphatic heterocycles. The molecule has 0 fully saturated rings. The van der Waals surface area contributed by atoms with Crippen LogP contribution in [0.1, 0.15) is 22.3 Å². The Balaban J connectivity index is 2.12. The van der Waals surface area contributed by atoms with Gasteiger partial charge in [0, 0.05) is 21.3 Å². The van der Waals surface area contributed by atoms with Crippen LogP contribution in [0.2, 0.25) is 0 Å². The van der Waals surface area contributed by atoms with Gasteiger partial charge in [0.15, 0.2) is 5.78 Å². The minimum atomic E-state index is 0.284. The standard InChI is InChI=1S/C13H9BrOS/c14-11-5-6-16-13(11)9-1-3-10-8(7-9)2-4-12(10)15/h1,3,5-7H,2,4H2. The van der Waals surface area contributed by atoms with E-state index in [1.165, 1.54) is 16.0 Å². The molecule has 1 aromatic carbocycles. The average molecular weight is 293 g/mol. The lowest BCUT2D eigenvalue weighted by Gasteiger charge is -2.02. The molecule has 0 atom stereocenters. The van der Waals surface area contributed by atoms with Gasteiger partial charge in [-0.1, -0.05) is 12.1 Å². The maximum absolute atomic E-state index is 11.5. The molecular formula is C13H9BrOS. The number of hydrogen-bond donors (Lipinski definition) is 0. The Morgan fingerprint density at radius 3 is 2.81 bits per heavy atom. The molecule has 0 amide bonds. The number of thiophene rings is 1. The molecule has 3 rings (SSSR count). The molecule has 1 nitrogen and oxygen atoms in total. The SMILES string of the molecule is O=C1CCc2cc(-c3sccc3Br)ccc21. The Kier molecular flexibility index (Phi) is 2.45. The van der Waals surface area contributed by atoms with E-state index in [9.17, 15) is 4.79 Å². The summed E-state index contributed by atoms with van der Waals surface area (Å²) in [5.41, 5.74) is 3.31. The van der Waals surface area contributed by atoms with Crippen molar-refractivity contribution >= 4 is 33.0 Å². The van der Waals surface area contributed by atoms with E-state index in [1.54, 1.807) is 11.3 Å². The third-order valence-electron chi connectivity index (χ3n) is 2.91. The number of fused-ring (bicyclic) bond motifs is 1. The summed E-state index contributed by atoms with van der Waals surface area (Å²) in [6.07, 6.45) is 1.56. The number of rotatable bonds is 1. The molecule has 2 aromatic rings. The number of aryl methyl sites for hydroxylation is 1. The smallest absolute Gasteiger partial charge is 0.163 e. The predicted octanol–water partition coefficient (Wildman–Crippen LogP) is 4.31. The lowest BCUT2D eigenvalue weighted by Crippen LogP contribution is -1.90. The first-order valence-corrected chi connectivity index (χ1v) is 6.82. The van der Waals surface area contributed by atoms with Gasteiger partial charge in [0.25, 0.3) is 0 Å². The van der Waals surface area contributed by atoms with Gasteiger partial charge in [-0.15, -0.1) is 11.3 Å². The van der Waals surface area contributed by atoms with Crippen molar-refractivity contribution < 1.29 is 4.79 Å². The van der Waals surface area contributed by atoms with Crippen LogP contribution < -0.4 is 0 Å². The van der Waals surface area contributed by atoms with Gasteiger partial charge in [0.1, 0.15) is 0 Å². The third-order valence-corrected chi connectivity index (χ3v) is 4.79. The van der Waals surface area contributed by atoms with Crippen molar-refractivity contribution in [3.8, 4) is 10.4 Å². The van der Waals surface area contributed by atoms with Crippen LogP contribution in [0.5, 0.6) is 0 Å². The van der Waals surface area contributed by atoms with Gasteiger partial charge in [-0.3, -0.25) is 4.79 Å². The molecule has 1 aliphatic rings. The number of hydrogen-bond acceptors (Lipinski definition) is 2. The van der Waals surface area contributed by atoms with E-state index < -0.39 is 0 Å². The summed E-state index contributed by atoms with van der Waals surface area (Å²) in [7, 11) is 0. The summed E-state index contributed by atoms with van der Waals surface area (Å²) in [5.74, 6) is 0.284. The van der Waals surface area contributed by atoms with Gasteiger partial charge in [0.2, 0.25) is 0 Å². The zero-order chi connectivity index (χ0) is 11.1. The van der Waals surface area contributed by atoms with Gasteiger partial charge in [0.05, 0.1) is 0 Å². The highest BCUT2D eigenvalue weighted by Gasteiger charge is 2.19. The van der Waals surface area contributed by atoms with Crippen molar-refractivity contribution in [1.29, 1.82) is 0 Å². The molecule has 0 saturated carbocycles. The summed E-state index contributed by atoms with van der Waals surface area (Å²) in [5, 5.41) is 2.07. The Morgan fingerprint density at radius 1 is 1.19 bits per heavy atom. The van der Waals surface area contributed by atoms with Crippen LogP contribution >= 0.6 is 27.3 Å². The van der Waals surface area contributed by atoms with Crippen LogP contribution in [0.15, 0.2) is 34.1 Å². The van der Waals surface area contributed by atoms with Crippen LogP contribution in [-0.4, -0.2) is 5.78 Å². The van der Waals surface area contributed by atoms with E-state index >= 15 is 0 Å². The van der Waals surface area contributed by atoms with Crippen molar-refractivity contribution in [3.63, 3.8) is 0 Å². The van der Waals surface area contributed by atoms with E-state index in [1.807, 2.05) is 12.1 Å². The Bertz CT molecular complexity index is 571. The number of benzene rings is 1. The van der Waals surface area contributed by atoms with Crippen LogP contribution in [0, 0.1) is 0 Å². The minimum absolute atomic E-state index is 0.284. The first-order valence-electron chi connectivity index (χ1n) is 5.15. The highest BCUT2D eigenvalue weighted by molar-refractivity contribution is 9.10. The first kappa shape index (κ1) is 10.2. The van der Waals surface area contributed by atoms with Crippen LogP contribution in [0.25, 0.3) is 10.4 Å². The molecule has 1 heterocycles. The maximum Gasteiger partial charge on any atom is 0.163 e. The highest BCUT2D eigenvalue weighted by atomic mass is 79.9. The average Bonchev–Trinajstić information content (AvgIpc) is 2.86. The van der Waals surface area contributed by atoms with E-state index in [2.05, 4.69) is 33.4 Å². The van der Waals surface area contributed by atoms with Crippen LogP contribution in [-0.2, 0) is 6.42 Å². The quantitative estimate of drug-likeness (QED) is 0.766. The highest BCUT2D eigenvalue weighted by Crippen LogP contribution is 2.35. The molecule has 0 radical (unpaired) electrons. The largest absolute Gasteiger partial charge is 0.294 e. The zero-order valence-electron chi connectivity index (χ0n) is 8.50. The number of carbonyl (C=O) groups excluding carboxylic acids is 1. The van der Waals surface area contributed by atoms with Crippen molar-refractivity contribution in [2.75, 3.05) is 0 Å². The normalized spacial score (nSPS) is 14.2. The Hall–Kier alpha value is -0.930. The molecule has 0 bridgehead atoms. The fourth-order valence-electron chi connectivity index (χ4n) is 2.10. The second kappa shape index (κ2) is 3.82. The van der Waals surface area contributed by atoms with E-state index in [0.717, 1.165) is 16.5 Å². The summed E-state index contributed by atoms with van der Waals surface area (Å²) in [6, 6.07) is 8.21. The Labute approximate surface area is 106 Å². The lowest BCUT2D eigenvalue weighted by atomic mass is 10.1. The van der Waals surface area contributed by atoms with Gasteiger partial charge >= 0.3 is 0 Å². The van der Waals surface area contributed by atoms with Gasteiger partial charge < -0.3 is 0 Å². The lowest BCUT2D eigenvalue weighted by molar-refractivity contribution is 0.0994. The number of halogens is 1. The second-order valence-electron chi connectivity index (χ2n) is 3.89. The molecule has 16 heavy (non-hydrogen) atoms. The molecule has 0 unspecified atom stereocenters. The fraction of sp³-hybridized carbons (Fsp3) is 0.154. The summed E-state index contributed by atoms with van der Waals surface area (Å²) in [6.45, 7) is 0. The number of carbonyl (C=O) groups is 1. The molecule has 3 heteroatoms. The minimum Gasteiger partial charge on any atom is -0.294 e. The van der Waals surface area contributed by atoms with Crippen molar-refractivity contribution in [2.24, 2.45) is 0 Å². The summed E-state index contributed by atoms with van der Waals surface area (Å²) in [4.78, 5) is 12.8. The molecule has 80 valence electrons. The van der Waals surface area contributed by atoms with Gasteiger partial charge in [-0.25, -0.2) is 0 Å². The number of Topliss-reactive ketones (excluding diaryl/α,β-unsaturated/α-hetero) is 1. The van der Waals surface area contributed by atoms with E-state index in [4.69, 9.17) is 0 Å². The maximum atomic E-state index is 11.5. The predicted molar refractivity (Wildman–Crippen MR) is 70.1 cm³/mol. The molecule has 1 aromatic heterocycles. The van der Waals surface area contributed by atoms with Gasteiger partial charge in [-0.2, -0.15) is 0 Å². The van der Waals surface area contributed by atoms with Crippen LogP contribution in [0.3, 0.4) is 0 Å². The topological polar surface area (TPSA) is 17.1 Å². The molecule has 0 N–H and O–H groups in total. The molecular weight excluding hydrogens is 284 g/mol. The zero-order valence-corrected chi connectivity index (χ0v) is 10.9. The Morgan fingerprint density at radius 2 is 2.06 bits per heavy atom. The molecule has 0 saturated heterocycles. The molecule has 1 aliphatic carbocycles. The fourth-order valence-corrected chi connectivity index (χ4v) is 3.70. The van der Waals surface area contributed by atoms with Crippen LogP contribution in [0.4, 0.5) is 0 Å². The van der Waals surface area contributed by atoms with Gasteiger partial charge in [-0.05, 0) is 51.0 Å². The molecule has 0 spiro atoms. The van der Waals surface area contributed by atoms with Crippen molar-refractivity contribution in [3.05, 3.63) is 45.2 Å². The van der Waals surface area contributed by atoms with E-state index in [0.29, 0.717) is 6.42 Å².